The normalized spacial score (nSPS) is 11.5. The van der Waals surface area contributed by atoms with Gasteiger partial charge in [-0.3, -0.25) is 9.59 Å². The summed E-state index contributed by atoms with van der Waals surface area (Å²) < 4.78 is 54.3. The highest BCUT2D eigenvalue weighted by Gasteiger charge is 2.51. The summed E-state index contributed by atoms with van der Waals surface area (Å²) in [5, 5.41) is 0. The van der Waals surface area contributed by atoms with E-state index >= 15 is 0 Å². The van der Waals surface area contributed by atoms with Crippen LogP contribution in [0.4, 0.5) is 17.6 Å². The predicted molar refractivity (Wildman–Crippen MR) is 54.5 cm³/mol. The zero-order valence-corrected chi connectivity index (χ0v) is 10.1. The molecule has 0 aromatic heterocycles. The molecule has 0 bridgehead atoms. The molecule has 106 valence electrons. The number of carbonyl (C=O) groups excluding carboxylic acids is 2. The first-order chi connectivity index (χ1) is 8.27. The maximum Gasteiger partial charge on any atom is 0.383 e. The molecule has 0 unspecified atom stereocenters. The second kappa shape index (κ2) is 7.17. The molecule has 0 aliphatic rings. The van der Waals surface area contributed by atoms with Crippen molar-refractivity contribution in [3.8, 4) is 0 Å². The molecule has 18 heavy (non-hydrogen) atoms. The van der Waals surface area contributed by atoms with E-state index in [-0.39, 0.29) is 19.6 Å². The number of esters is 1. The van der Waals surface area contributed by atoms with E-state index in [4.69, 9.17) is 0 Å². The van der Waals surface area contributed by atoms with E-state index in [0.717, 1.165) is 0 Å². The van der Waals surface area contributed by atoms with E-state index in [9.17, 15) is 27.2 Å². The number of halogens is 4. The molecule has 0 aromatic carbocycles. The molecule has 0 spiro atoms. The Bertz CT molecular complexity index is 297. The first-order valence-corrected chi connectivity index (χ1v) is 5.38. The fourth-order valence-electron chi connectivity index (χ4n) is 1.19. The van der Waals surface area contributed by atoms with Crippen LogP contribution in [-0.2, 0) is 14.3 Å². The molecule has 0 radical (unpaired) electrons. The van der Waals surface area contributed by atoms with Gasteiger partial charge in [-0.05, 0) is 13.3 Å². The summed E-state index contributed by atoms with van der Waals surface area (Å²) in [7, 11) is 0. The third-order valence-electron chi connectivity index (χ3n) is 1.97. The molecule has 0 aromatic rings. The van der Waals surface area contributed by atoms with Gasteiger partial charge in [0.2, 0.25) is 0 Å². The molecular formula is C10H15F4NO3. The number of ether oxygens (including phenoxy) is 1. The van der Waals surface area contributed by atoms with Crippen molar-refractivity contribution in [2.24, 2.45) is 0 Å². The summed E-state index contributed by atoms with van der Waals surface area (Å²) in [6.07, 6.45) is -3.85. The quantitative estimate of drug-likeness (QED) is 0.524. The van der Waals surface area contributed by atoms with Crippen LogP contribution in [0, 0.1) is 0 Å². The molecule has 0 saturated heterocycles. The molecule has 0 atom stereocenters. The Morgan fingerprint density at radius 2 is 1.83 bits per heavy atom. The zero-order valence-electron chi connectivity index (χ0n) is 10.1. The Hall–Kier alpha value is -1.34. The van der Waals surface area contributed by atoms with E-state index in [0.29, 0.717) is 4.90 Å². The second-order valence-corrected chi connectivity index (χ2v) is 3.46. The summed E-state index contributed by atoms with van der Waals surface area (Å²) >= 11 is 0. The number of carbonyl (C=O) groups is 2. The Morgan fingerprint density at radius 1 is 1.28 bits per heavy atom. The molecule has 0 aliphatic heterocycles. The van der Waals surface area contributed by atoms with Crippen LogP contribution < -0.4 is 0 Å². The van der Waals surface area contributed by atoms with Crippen molar-refractivity contribution in [1.29, 1.82) is 0 Å². The first kappa shape index (κ1) is 16.7. The zero-order chi connectivity index (χ0) is 14.3. The number of nitrogens with zero attached hydrogens (tertiary/aromatic N) is 1. The van der Waals surface area contributed by atoms with Crippen molar-refractivity contribution in [3.63, 3.8) is 0 Å². The van der Waals surface area contributed by atoms with Crippen LogP contribution in [0.1, 0.15) is 20.3 Å². The number of rotatable bonds is 7. The number of hydrogen-bond acceptors (Lipinski definition) is 3. The minimum absolute atomic E-state index is 0.0121. The Balaban J connectivity index is 4.78. The van der Waals surface area contributed by atoms with Crippen LogP contribution in [0.25, 0.3) is 0 Å². The molecule has 0 aliphatic carbocycles. The van der Waals surface area contributed by atoms with Crippen molar-refractivity contribution < 1.29 is 31.9 Å². The van der Waals surface area contributed by atoms with Crippen LogP contribution >= 0.6 is 0 Å². The lowest BCUT2D eigenvalue weighted by molar-refractivity contribution is -0.182. The summed E-state index contributed by atoms with van der Waals surface area (Å²) in [6, 6.07) is 0. The van der Waals surface area contributed by atoms with Crippen molar-refractivity contribution in [2.75, 3.05) is 19.7 Å². The minimum atomic E-state index is -4.79. The van der Waals surface area contributed by atoms with Crippen LogP contribution in [0.5, 0.6) is 0 Å². The summed E-state index contributed by atoms with van der Waals surface area (Å²) in [4.78, 5) is 22.7. The maximum absolute atomic E-state index is 12.9. The van der Waals surface area contributed by atoms with Gasteiger partial charge < -0.3 is 9.64 Å². The van der Waals surface area contributed by atoms with Gasteiger partial charge in [0.05, 0.1) is 6.61 Å². The average molecular weight is 273 g/mol. The molecule has 1 amide bonds. The van der Waals surface area contributed by atoms with Gasteiger partial charge in [-0.25, -0.2) is 8.78 Å². The van der Waals surface area contributed by atoms with E-state index in [1.807, 2.05) is 0 Å². The topological polar surface area (TPSA) is 46.6 Å². The molecule has 0 N–H and O–H groups in total. The largest absolute Gasteiger partial charge is 0.465 e. The summed E-state index contributed by atoms with van der Waals surface area (Å²) in [6.45, 7) is 2.09. The lowest BCUT2D eigenvalue weighted by atomic mass is 10.2. The minimum Gasteiger partial charge on any atom is -0.465 e. The van der Waals surface area contributed by atoms with Crippen molar-refractivity contribution in [3.05, 3.63) is 0 Å². The lowest BCUT2D eigenvalue weighted by Crippen LogP contribution is -2.49. The van der Waals surface area contributed by atoms with Crippen molar-refractivity contribution in [1.82, 2.24) is 4.90 Å². The van der Waals surface area contributed by atoms with E-state index in [1.165, 1.54) is 6.92 Å². The highest BCUT2D eigenvalue weighted by molar-refractivity contribution is 5.87. The van der Waals surface area contributed by atoms with E-state index < -0.39 is 30.8 Å². The molecule has 0 fully saturated rings. The van der Waals surface area contributed by atoms with Gasteiger partial charge in [0.25, 0.3) is 5.91 Å². The van der Waals surface area contributed by atoms with Gasteiger partial charge in [-0.2, -0.15) is 8.78 Å². The number of hydrogen-bond donors (Lipinski definition) is 0. The average Bonchev–Trinajstić information content (AvgIpc) is 2.27. The smallest absolute Gasteiger partial charge is 0.383 e. The van der Waals surface area contributed by atoms with Crippen LogP contribution in [0.2, 0.25) is 0 Å². The SMILES string of the molecule is CCCN(CC(=O)OCC)C(=O)C(F)(F)C(F)F. The Morgan fingerprint density at radius 3 is 2.22 bits per heavy atom. The van der Waals surface area contributed by atoms with Crippen molar-refractivity contribution in [2.45, 2.75) is 32.6 Å². The van der Waals surface area contributed by atoms with Gasteiger partial charge in [-0.1, -0.05) is 6.92 Å². The Labute approximate surface area is 102 Å². The van der Waals surface area contributed by atoms with Crippen molar-refractivity contribution >= 4 is 11.9 Å². The standard InChI is InChI=1S/C10H15F4NO3/c1-3-5-15(6-7(16)18-4-2)9(17)10(13,14)8(11)12/h8H,3-6H2,1-2H3. The van der Waals surface area contributed by atoms with Crippen LogP contribution in [0.3, 0.4) is 0 Å². The van der Waals surface area contributed by atoms with Gasteiger partial charge in [0.15, 0.2) is 0 Å². The third kappa shape index (κ3) is 4.50. The molecular weight excluding hydrogens is 258 g/mol. The number of amides is 1. The van der Waals surface area contributed by atoms with Crippen LogP contribution in [-0.4, -0.2) is 48.8 Å². The van der Waals surface area contributed by atoms with Gasteiger partial charge in [-0.15, -0.1) is 0 Å². The monoisotopic (exact) mass is 273 g/mol. The highest BCUT2D eigenvalue weighted by atomic mass is 19.3. The molecule has 0 rings (SSSR count). The number of alkyl halides is 4. The fourth-order valence-corrected chi connectivity index (χ4v) is 1.19. The van der Waals surface area contributed by atoms with Gasteiger partial charge >= 0.3 is 18.3 Å². The maximum atomic E-state index is 12.9. The lowest BCUT2D eigenvalue weighted by Gasteiger charge is -2.25. The summed E-state index contributed by atoms with van der Waals surface area (Å²) in [5.74, 6) is -7.77. The molecule has 0 saturated carbocycles. The van der Waals surface area contributed by atoms with Gasteiger partial charge in [0.1, 0.15) is 6.54 Å². The molecule has 0 heterocycles. The van der Waals surface area contributed by atoms with E-state index in [1.54, 1.807) is 6.92 Å². The van der Waals surface area contributed by atoms with E-state index in [2.05, 4.69) is 4.74 Å². The first-order valence-electron chi connectivity index (χ1n) is 5.38. The predicted octanol–water partition coefficient (Wildman–Crippen LogP) is 1.69. The van der Waals surface area contributed by atoms with Crippen LogP contribution in [0.15, 0.2) is 0 Å². The Kier molecular flexibility index (Phi) is 6.64. The summed E-state index contributed by atoms with van der Waals surface area (Å²) in [5.41, 5.74) is 0. The third-order valence-corrected chi connectivity index (χ3v) is 1.97. The molecule has 4 nitrogen and oxygen atoms in total. The highest BCUT2D eigenvalue weighted by Crippen LogP contribution is 2.25. The fraction of sp³-hybridized carbons (Fsp3) is 0.800. The van der Waals surface area contributed by atoms with Gasteiger partial charge in [0, 0.05) is 6.54 Å². The second-order valence-electron chi connectivity index (χ2n) is 3.46. The molecule has 8 heteroatoms.